The number of nitrogens with zero attached hydrogens (tertiary/aromatic N) is 3. The lowest BCUT2D eigenvalue weighted by Gasteiger charge is -2.15. The van der Waals surface area contributed by atoms with E-state index in [0.29, 0.717) is 11.7 Å². The summed E-state index contributed by atoms with van der Waals surface area (Å²) in [4.78, 5) is 37.4. The van der Waals surface area contributed by atoms with E-state index >= 15 is 0 Å². The monoisotopic (exact) mass is 303 g/mol. The molecule has 0 radical (unpaired) electrons. The van der Waals surface area contributed by atoms with Crippen molar-refractivity contribution in [3.8, 4) is 0 Å². The van der Waals surface area contributed by atoms with Gasteiger partial charge in [0.1, 0.15) is 11.4 Å². The van der Waals surface area contributed by atoms with E-state index < -0.39 is 17.2 Å². The number of nitrogens with one attached hydrogen (secondary N) is 2. The van der Waals surface area contributed by atoms with Crippen LogP contribution in [-0.2, 0) is 7.05 Å². The number of aromatic amines is 1. The molecule has 116 valence electrons. The van der Waals surface area contributed by atoms with Crippen LogP contribution in [0.2, 0.25) is 0 Å². The molecule has 1 saturated carbocycles. The summed E-state index contributed by atoms with van der Waals surface area (Å²) in [6.45, 7) is 2.05. The van der Waals surface area contributed by atoms with Crippen LogP contribution in [0.5, 0.6) is 0 Å². The second-order valence-electron chi connectivity index (χ2n) is 5.61. The molecule has 0 aliphatic heterocycles. The highest BCUT2D eigenvalue weighted by molar-refractivity contribution is 6.03. The molecule has 1 aliphatic carbocycles. The maximum atomic E-state index is 12.3. The highest BCUT2D eigenvalue weighted by Crippen LogP contribution is 2.40. The van der Waals surface area contributed by atoms with Crippen molar-refractivity contribution in [3.05, 3.63) is 44.9 Å². The first-order chi connectivity index (χ1) is 10.5. The standard InChI is InChI=1S/C14H17N5O3/c1-8(9-3-4-9)19-11(5-6-15-19)16-12(20)10-7-18(2)14(22)17-13(10)21/h5-9H,3-4H2,1-2H3,(H,16,20)(H,17,21,22). The van der Waals surface area contributed by atoms with E-state index in [1.807, 2.05) is 0 Å². The van der Waals surface area contributed by atoms with E-state index in [0.717, 1.165) is 17.4 Å². The lowest BCUT2D eigenvalue weighted by Crippen LogP contribution is -2.34. The van der Waals surface area contributed by atoms with Crippen molar-refractivity contribution in [3.63, 3.8) is 0 Å². The zero-order valence-corrected chi connectivity index (χ0v) is 12.4. The molecule has 0 saturated heterocycles. The van der Waals surface area contributed by atoms with Crippen LogP contribution in [0.15, 0.2) is 28.0 Å². The quantitative estimate of drug-likeness (QED) is 0.858. The van der Waals surface area contributed by atoms with Gasteiger partial charge in [0.25, 0.3) is 11.5 Å². The molecule has 3 rings (SSSR count). The Hall–Kier alpha value is -2.64. The van der Waals surface area contributed by atoms with Crippen molar-refractivity contribution in [2.45, 2.75) is 25.8 Å². The number of aryl methyl sites for hydroxylation is 1. The number of hydrogen-bond acceptors (Lipinski definition) is 4. The van der Waals surface area contributed by atoms with Crippen LogP contribution < -0.4 is 16.6 Å². The molecule has 0 spiro atoms. The predicted molar refractivity (Wildman–Crippen MR) is 79.9 cm³/mol. The Morgan fingerprint density at radius 1 is 1.45 bits per heavy atom. The first kappa shape index (κ1) is 14.3. The highest BCUT2D eigenvalue weighted by Gasteiger charge is 2.31. The molecular weight excluding hydrogens is 286 g/mol. The third-order valence-corrected chi connectivity index (χ3v) is 3.95. The highest BCUT2D eigenvalue weighted by atomic mass is 16.2. The van der Waals surface area contributed by atoms with Crippen LogP contribution in [0.3, 0.4) is 0 Å². The summed E-state index contributed by atoms with van der Waals surface area (Å²) < 4.78 is 2.91. The minimum absolute atomic E-state index is 0.117. The fourth-order valence-corrected chi connectivity index (χ4v) is 2.43. The summed E-state index contributed by atoms with van der Waals surface area (Å²) >= 11 is 0. The van der Waals surface area contributed by atoms with Crippen molar-refractivity contribution in [1.82, 2.24) is 19.3 Å². The zero-order chi connectivity index (χ0) is 15.9. The molecule has 22 heavy (non-hydrogen) atoms. The third kappa shape index (κ3) is 2.59. The van der Waals surface area contributed by atoms with Crippen LogP contribution >= 0.6 is 0 Å². The summed E-state index contributed by atoms with van der Waals surface area (Å²) in [5.41, 5.74) is -1.38. The second-order valence-corrected chi connectivity index (χ2v) is 5.61. The molecule has 1 atom stereocenters. The summed E-state index contributed by atoms with van der Waals surface area (Å²) in [6.07, 6.45) is 5.16. The van der Waals surface area contributed by atoms with E-state index in [1.165, 1.54) is 13.2 Å². The number of rotatable bonds is 4. The predicted octanol–water partition coefficient (Wildman–Crippen LogP) is 0.493. The number of hydrogen-bond donors (Lipinski definition) is 2. The van der Waals surface area contributed by atoms with Crippen LogP contribution in [0.1, 0.15) is 36.2 Å². The van der Waals surface area contributed by atoms with E-state index in [1.54, 1.807) is 16.9 Å². The Labute approximate surface area is 125 Å². The fraction of sp³-hybridized carbons (Fsp3) is 0.429. The average Bonchev–Trinajstić information content (AvgIpc) is 3.22. The van der Waals surface area contributed by atoms with E-state index in [4.69, 9.17) is 0 Å². The van der Waals surface area contributed by atoms with Gasteiger partial charge < -0.3 is 9.88 Å². The van der Waals surface area contributed by atoms with E-state index in [9.17, 15) is 14.4 Å². The molecule has 0 aromatic carbocycles. The summed E-state index contributed by atoms with van der Waals surface area (Å²) in [5, 5.41) is 6.92. The van der Waals surface area contributed by atoms with Crippen LogP contribution in [0.4, 0.5) is 5.82 Å². The minimum Gasteiger partial charge on any atom is -0.307 e. The Kier molecular flexibility index (Phi) is 3.44. The molecule has 1 fully saturated rings. The molecule has 0 bridgehead atoms. The molecule has 2 aromatic heterocycles. The molecule has 8 nitrogen and oxygen atoms in total. The molecule has 2 heterocycles. The van der Waals surface area contributed by atoms with Crippen LogP contribution in [-0.4, -0.2) is 25.2 Å². The van der Waals surface area contributed by atoms with Crippen molar-refractivity contribution in [1.29, 1.82) is 0 Å². The first-order valence-electron chi connectivity index (χ1n) is 7.12. The number of carbonyl (C=O) groups is 1. The summed E-state index contributed by atoms with van der Waals surface area (Å²) in [5.74, 6) is 0.552. The van der Waals surface area contributed by atoms with Crippen LogP contribution in [0.25, 0.3) is 0 Å². The van der Waals surface area contributed by atoms with Gasteiger partial charge in [-0.15, -0.1) is 0 Å². The van der Waals surface area contributed by atoms with Gasteiger partial charge in [-0.05, 0) is 25.7 Å². The Morgan fingerprint density at radius 2 is 2.18 bits per heavy atom. The molecule has 1 amide bonds. The molecule has 2 aromatic rings. The average molecular weight is 303 g/mol. The molecule has 2 N–H and O–H groups in total. The van der Waals surface area contributed by atoms with Crippen molar-refractivity contribution in [2.24, 2.45) is 13.0 Å². The zero-order valence-electron chi connectivity index (χ0n) is 12.4. The maximum absolute atomic E-state index is 12.3. The van der Waals surface area contributed by atoms with Crippen molar-refractivity contribution in [2.75, 3.05) is 5.32 Å². The Bertz CT molecular complexity index is 827. The number of aromatic nitrogens is 4. The third-order valence-electron chi connectivity index (χ3n) is 3.95. The second kappa shape index (κ2) is 5.28. The number of carbonyl (C=O) groups excluding carboxylic acids is 1. The van der Waals surface area contributed by atoms with Gasteiger partial charge >= 0.3 is 5.69 Å². The van der Waals surface area contributed by atoms with Gasteiger partial charge in [-0.25, -0.2) is 9.48 Å². The van der Waals surface area contributed by atoms with Crippen molar-refractivity contribution >= 4 is 11.7 Å². The topological polar surface area (TPSA) is 102 Å². The molecule has 1 unspecified atom stereocenters. The Balaban J connectivity index is 1.86. The van der Waals surface area contributed by atoms with Gasteiger partial charge in [0.15, 0.2) is 0 Å². The molecular formula is C14H17N5O3. The molecule has 1 aliphatic rings. The summed E-state index contributed by atoms with van der Waals surface area (Å²) in [7, 11) is 1.47. The summed E-state index contributed by atoms with van der Waals surface area (Å²) in [6, 6.07) is 1.89. The lowest BCUT2D eigenvalue weighted by molar-refractivity contribution is 0.102. The van der Waals surface area contributed by atoms with E-state index in [2.05, 4.69) is 22.3 Å². The minimum atomic E-state index is -0.707. The van der Waals surface area contributed by atoms with Gasteiger partial charge in [-0.1, -0.05) is 0 Å². The lowest BCUT2D eigenvalue weighted by atomic mass is 10.2. The normalized spacial score (nSPS) is 15.5. The number of amides is 1. The number of H-pyrrole nitrogens is 1. The van der Waals surface area contributed by atoms with Gasteiger partial charge in [0, 0.05) is 19.3 Å². The van der Waals surface area contributed by atoms with Gasteiger partial charge in [0.2, 0.25) is 0 Å². The van der Waals surface area contributed by atoms with Gasteiger partial charge in [-0.2, -0.15) is 5.10 Å². The molecule has 8 heteroatoms. The van der Waals surface area contributed by atoms with Crippen molar-refractivity contribution < 1.29 is 4.79 Å². The van der Waals surface area contributed by atoms with Crippen LogP contribution in [0, 0.1) is 5.92 Å². The van der Waals surface area contributed by atoms with E-state index in [-0.39, 0.29) is 11.6 Å². The SMILES string of the molecule is CC(C1CC1)n1nccc1NC(=O)c1cn(C)c(=O)[nH]c1=O. The first-order valence-corrected chi connectivity index (χ1v) is 7.12. The maximum Gasteiger partial charge on any atom is 0.328 e. The van der Waals surface area contributed by atoms with Gasteiger partial charge in [-0.3, -0.25) is 14.6 Å². The van der Waals surface area contributed by atoms with Gasteiger partial charge in [0.05, 0.1) is 12.2 Å². The smallest absolute Gasteiger partial charge is 0.307 e. The fourth-order valence-electron chi connectivity index (χ4n) is 2.43. The largest absolute Gasteiger partial charge is 0.328 e. The number of anilines is 1. The Morgan fingerprint density at radius 3 is 2.86 bits per heavy atom.